The highest BCUT2D eigenvalue weighted by Gasteiger charge is 2.31. The SMILES string of the molecule is COC(=O)c1cnc(-c2ccc(C)c(F)c2)cc1Oc1ccc(OC(F)(F)F)cc1Cl. The number of alkyl halides is 3. The van der Waals surface area contributed by atoms with Crippen molar-refractivity contribution in [2.45, 2.75) is 13.3 Å². The minimum Gasteiger partial charge on any atom is -0.465 e. The van der Waals surface area contributed by atoms with Gasteiger partial charge in [0.2, 0.25) is 0 Å². The van der Waals surface area contributed by atoms with Gasteiger partial charge in [-0.2, -0.15) is 0 Å². The van der Waals surface area contributed by atoms with Crippen molar-refractivity contribution in [1.82, 2.24) is 4.98 Å². The Hall–Kier alpha value is -3.33. The number of methoxy groups -OCH3 is 1. The van der Waals surface area contributed by atoms with Crippen molar-refractivity contribution in [2.75, 3.05) is 7.11 Å². The van der Waals surface area contributed by atoms with E-state index in [1.54, 1.807) is 19.1 Å². The standard InChI is InChI=1S/C21H14ClF4NO4/c1-11-3-4-12(7-16(11)23)17-9-19(14(10-27-17)20(28)29-2)30-18-6-5-13(8-15(18)22)31-21(24,25)26/h3-10H,1-2H3. The van der Waals surface area contributed by atoms with Gasteiger partial charge in [-0.05, 0) is 30.7 Å². The maximum absolute atomic E-state index is 13.9. The van der Waals surface area contributed by atoms with Gasteiger partial charge in [-0.3, -0.25) is 4.98 Å². The summed E-state index contributed by atoms with van der Waals surface area (Å²) in [6.07, 6.45) is -3.70. The van der Waals surface area contributed by atoms with Crippen molar-refractivity contribution < 1.29 is 36.6 Å². The molecule has 3 rings (SSSR count). The molecule has 1 aromatic heterocycles. The molecule has 0 spiro atoms. The second-order valence-electron chi connectivity index (χ2n) is 6.26. The van der Waals surface area contributed by atoms with Crippen LogP contribution >= 0.6 is 11.6 Å². The summed E-state index contributed by atoms with van der Waals surface area (Å²) in [6.45, 7) is 1.61. The number of carbonyl (C=O) groups excluding carboxylic acids is 1. The summed E-state index contributed by atoms with van der Waals surface area (Å²) < 4.78 is 65.2. The molecule has 0 saturated heterocycles. The lowest BCUT2D eigenvalue weighted by Crippen LogP contribution is -2.17. The van der Waals surface area contributed by atoms with Gasteiger partial charge in [0.15, 0.2) is 0 Å². The molecule has 31 heavy (non-hydrogen) atoms. The highest BCUT2D eigenvalue weighted by molar-refractivity contribution is 6.32. The first-order chi connectivity index (χ1) is 14.6. The van der Waals surface area contributed by atoms with Crippen molar-refractivity contribution in [3.05, 3.63) is 70.6 Å². The van der Waals surface area contributed by atoms with Crippen LogP contribution in [0.2, 0.25) is 5.02 Å². The Morgan fingerprint density at radius 2 is 1.81 bits per heavy atom. The Kier molecular flexibility index (Phi) is 6.35. The Labute approximate surface area is 179 Å². The average molecular weight is 456 g/mol. The van der Waals surface area contributed by atoms with E-state index < -0.39 is 23.9 Å². The van der Waals surface area contributed by atoms with Gasteiger partial charge in [0.1, 0.15) is 28.6 Å². The molecule has 5 nitrogen and oxygen atoms in total. The van der Waals surface area contributed by atoms with Crippen LogP contribution in [0.15, 0.2) is 48.7 Å². The fourth-order valence-electron chi connectivity index (χ4n) is 2.57. The number of hydrogen-bond donors (Lipinski definition) is 0. The van der Waals surface area contributed by atoms with Crippen molar-refractivity contribution >= 4 is 17.6 Å². The molecule has 162 valence electrons. The number of ether oxygens (including phenoxy) is 3. The molecule has 2 aromatic carbocycles. The molecule has 0 N–H and O–H groups in total. The van der Waals surface area contributed by atoms with E-state index in [0.717, 1.165) is 25.3 Å². The topological polar surface area (TPSA) is 57.7 Å². The molecule has 0 aliphatic rings. The first kappa shape index (κ1) is 22.4. The minimum atomic E-state index is -4.88. The average Bonchev–Trinajstić information content (AvgIpc) is 2.70. The van der Waals surface area contributed by atoms with Crippen molar-refractivity contribution in [3.63, 3.8) is 0 Å². The lowest BCUT2D eigenvalue weighted by atomic mass is 10.1. The Morgan fingerprint density at radius 3 is 2.42 bits per heavy atom. The summed E-state index contributed by atoms with van der Waals surface area (Å²) in [6, 6.07) is 8.91. The van der Waals surface area contributed by atoms with E-state index in [2.05, 4.69) is 9.72 Å². The third kappa shape index (κ3) is 5.43. The van der Waals surface area contributed by atoms with Crippen LogP contribution in [0, 0.1) is 12.7 Å². The third-order valence-electron chi connectivity index (χ3n) is 4.10. The molecule has 3 aromatic rings. The molecular formula is C21H14ClF4NO4. The minimum absolute atomic E-state index is 0.0378. The zero-order valence-electron chi connectivity index (χ0n) is 16.1. The van der Waals surface area contributed by atoms with Crippen LogP contribution in [-0.2, 0) is 4.74 Å². The summed E-state index contributed by atoms with van der Waals surface area (Å²) in [5.74, 6) is -1.83. The fourth-order valence-corrected chi connectivity index (χ4v) is 2.78. The van der Waals surface area contributed by atoms with Gasteiger partial charge in [-0.1, -0.05) is 23.7 Å². The number of nitrogens with zero attached hydrogens (tertiary/aromatic N) is 1. The summed E-state index contributed by atoms with van der Waals surface area (Å²) in [7, 11) is 1.16. The quantitative estimate of drug-likeness (QED) is 0.332. The smallest absolute Gasteiger partial charge is 0.465 e. The molecular weight excluding hydrogens is 442 g/mol. The molecule has 0 bridgehead atoms. The van der Waals surface area contributed by atoms with Gasteiger partial charge in [0.05, 0.1) is 17.8 Å². The van der Waals surface area contributed by atoms with Gasteiger partial charge in [-0.15, -0.1) is 13.2 Å². The number of pyridine rings is 1. The Balaban J connectivity index is 2.00. The summed E-state index contributed by atoms with van der Waals surface area (Å²) in [5, 5.41) is -0.197. The Bertz CT molecular complexity index is 1130. The monoisotopic (exact) mass is 455 g/mol. The zero-order valence-corrected chi connectivity index (χ0v) is 16.8. The van der Waals surface area contributed by atoms with Crippen LogP contribution in [-0.4, -0.2) is 24.4 Å². The lowest BCUT2D eigenvalue weighted by Gasteiger charge is -2.14. The number of aryl methyl sites for hydroxylation is 1. The van der Waals surface area contributed by atoms with E-state index in [1.807, 2.05) is 0 Å². The van der Waals surface area contributed by atoms with Crippen molar-refractivity contribution in [1.29, 1.82) is 0 Å². The number of aromatic nitrogens is 1. The molecule has 1 heterocycles. The van der Waals surface area contributed by atoms with Crippen LogP contribution in [0.3, 0.4) is 0 Å². The molecule has 0 aliphatic heterocycles. The van der Waals surface area contributed by atoms with E-state index in [0.29, 0.717) is 11.1 Å². The molecule has 0 saturated carbocycles. The van der Waals surface area contributed by atoms with Gasteiger partial charge in [0, 0.05) is 23.9 Å². The zero-order chi connectivity index (χ0) is 22.8. The van der Waals surface area contributed by atoms with E-state index in [1.165, 1.54) is 18.3 Å². The van der Waals surface area contributed by atoms with Gasteiger partial charge in [-0.25, -0.2) is 9.18 Å². The van der Waals surface area contributed by atoms with E-state index in [4.69, 9.17) is 21.1 Å². The predicted octanol–water partition coefficient (Wildman–Crippen LogP) is 6.33. The molecule has 0 aliphatic carbocycles. The third-order valence-corrected chi connectivity index (χ3v) is 4.39. The van der Waals surface area contributed by atoms with Crippen molar-refractivity contribution in [3.8, 4) is 28.5 Å². The first-order valence-electron chi connectivity index (χ1n) is 8.65. The van der Waals surface area contributed by atoms with Gasteiger partial charge >= 0.3 is 12.3 Å². The molecule has 0 fully saturated rings. The number of benzene rings is 2. The molecule has 0 atom stereocenters. The fraction of sp³-hybridized carbons (Fsp3) is 0.143. The highest BCUT2D eigenvalue weighted by Crippen LogP contribution is 2.36. The molecule has 0 unspecified atom stereocenters. The number of rotatable bonds is 5. The second-order valence-corrected chi connectivity index (χ2v) is 6.67. The van der Waals surface area contributed by atoms with Crippen LogP contribution in [0.1, 0.15) is 15.9 Å². The van der Waals surface area contributed by atoms with Crippen LogP contribution in [0.25, 0.3) is 11.3 Å². The Morgan fingerprint density at radius 1 is 1.06 bits per heavy atom. The molecule has 10 heteroatoms. The highest BCUT2D eigenvalue weighted by atomic mass is 35.5. The van der Waals surface area contributed by atoms with Gasteiger partial charge < -0.3 is 14.2 Å². The summed E-state index contributed by atoms with van der Waals surface area (Å²) in [4.78, 5) is 16.2. The normalized spacial score (nSPS) is 11.2. The molecule has 0 radical (unpaired) electrons. The number of hydrogen-bond acceptors (Lipinski definition) is 5. The van der Waals surface area contributed by atoms with E-state index in [9.17, 15) is 22.4 Å². The van der Waals surface area contributed by atoms with E-state index >= 15 is 0 Å². The number of esters is 1. The van der Waals surface area contributed by atoms with Crippen LogP contribution in [0.4, 0.5) is 17.6 Å². The molecule has 0 amide bonds. The number of halogens is 5. The van der Waals surface area contributed by atoms with Crippen LogP contribution in [0.5, 0.6) is 17.2 Å². The maximum Gasteiger partial charge on any atom is 0.573 e. The van der Waals surface area contributed by atoms with E-state index in [-0.39, 0.29) is 27.8 Å². The first-order valence-corrected chi connectivity index (χ1v) is 9.03. The largest absolute Gasteiger partial charge is 0.573 e. The van der Waals surface area contributed by atoms with Gasteiger partial charge in [0.25, 0.3) is 0 Å². The van der Waals surface area contributed by atoms with Crippen LogP contribution < -0.4 is 9.47 Å². The lowest BCUT2D eigenvalue weighted by molar-refractivity contribution is -0.274. The summed E-state index contributed by atoms with van der Waals surface area (Å²) in [5.41, 5.74) is 1.09. The predicted molar refractivity (Wildman–Crippen MR) is 104 cm³/mol. The van der Waals surface area contributed by atoms with Crippen molar-refractivity contribution in [2.24, 2.45) is 0 Å². The number of carbonyl (C=O) groups is 1. The maximum atomic E-state index is 13.9. The summed E-state index contributed by atoms with van der Waals surface area (Å²) >= 11 is 6.02. The second kappa shape index (κ2) is 8.81.